The average Bonchev–Trinajstić information content (AvgIpc) is 2.48. The van der Waals surface area contributed by atoms with E-state index in [1.54, 1.807) is 6.26 Å². The van der Waals surface area contributed by atoms with Crippen LogP contribution in [0.2, 0.25) is 0 Å². The van der Waals surface area contributed by atoms with Crippen molar-refractivity contribution in [2.75, 3.05) is 6.26 Å². The van der Waals surface area contributed by atoms with E-state index in [0.717, 1.165) is 24.0 Å². The number of amides is 2. The van der Waals surface area contributed by atoms with Crippen molar-refractivity contribution in [1.29, 1.82) is 0 Å². The average molecular weight is 320 g/mol. The van der Waals surface area contributed by atoms with E-state index in [4.69, 9.17) is 0 Å². The summed E-state index contributed by atoms with van der Waals surface area (Å²) in [5.41, 5.74) is 2.09. The molecule has 0 spiro atoms. The number of rotatable bonds is 5. The lowest BCUT2D eigenvalue weighted by molar-refractivity contribution is 0.231. The number of hydrogen-bond acceptors (Lipinski definition) is 2. The molecule has 2 N–H and O–H groups in total. The lowest BCUT2D eigenvalue weighted by atomic mass is 9.91. The number of carbonyl (C=O) groups is 1. The van der Waals surface area contributed by atoms with Crippen LogP contribution in [0.1, 0.15) is 30.9 Å². The van der Waals surface area contributed by atoms with Crippen molar-refractivity contribution in [3.05, 3.63) is 47.5 Å². The largest absolute Gasteiger partial charge is 0.335 e. The van der Waals surface area contributed by atoms with Crippen molar-refractivity contribution >= 4 is 16.8 Å². The van der Waals surface area contributed by atoms with Gasteiger partial charge in [0.05, 0.1) is 0 Å². The normalized spacial score (nSPS) is 22.1. The van der Waals surface area contributed by atoms with Crippen LogP contribution < -0.4 is 10.6 Å². The number of carbonyl (C=O) groups excluding carboxylic acids is 1. The van der Waals surface area contributed by atoms with Gasteiger partial charge in [-0.2, -0.15) is 0 Å². The Kier molecular flexibility index (Phi) is 6.19. The van der Waals surface area contributed by atoms with Crippen molar-refractivity contribution in [3.8, 4) is 0 Å². The van der Waals surface area contributed by atoms with Crippen LogP contribution >= 0.6 is 0 Å². The molecule has 5 heteroatoms. The third-order valence-corrected chi connectivity index (χ3v) is 4.65. The molecule has 120 valence electrons. The first-order chi connectivity index (χ1) is 10.5. The second-order valence-corrected chi connectivity index (χ2v) is 7.32. The second kappa shape index (κ2) is 8.13. The van der Waals surface area contributed by atoms with Crippen LogP contribution in [0.3, 0.4) is 0 Å². The standard InChI is InChI=1S/C17H24N2O2S/c1-13-5-3-4-6-16(13)19-17(20)18-11-14-7-9-15(10-8-14)12-22(2)21/h3-4,7-10,13,16H,5-6,11-12H2,1-2H3,(H2,18,19,20)/t13-,16-,22?/m1/s1. The quantitative estimate of drug-likeness (QED) is 0.820. The van der Waals surface area contributed by atoms with E-state index in [2.05, 4.69) is 29.7 Å². The first-order valence-corrected chi connectivity index (χ1v) is 9.34. The molecular formula is C17H24N2O2S. The third kappa shape index (κ3) is 5.30. The Labute approximate surface area is 134 Å². The van der Waals surface area contributed by atoms with Gasteiger partial charge in [-0.25, -0.2) is 4.79 Å². The van der Waals surface area contributed by atoms with Crippen LogP contribution in [0, 0.1) is 5.92 Å². The molecule has 2 amide bonds. The Morgan fingerprint density at radius 2 is 1.82 bits per heavy atom. The molecule has 4 nitrogen and oxygen atoms in total. The summed E-state index contributed by atoms with van der Waals surface area (Å²) in [5.74, 6) is 1.05. The Bertz CT molecular complexity index is 554. The molecule has 0 heterocycles. The third-order valence-electron chi connectivity index (χ3n) is 3.91. The molecule has 0 aromatic heterocycles. The number of urea groups is 1. The SMILES string of the molecule is C[C@@H]1CC=CC[C@H]1NC(=O)NCc1ccc(CS(C)=O)cc1. The number of benzene rings is 1. The monoisotopic (exact) mass is 320 g/mol. The highest BCUT2D eigenvalue weighted by Gasteiger charge is 2.19. The van der Waals surface area contributed by atoms with E-state index in [1.165, 1.54) is 0 Å². The smallest absolute Gasteiger partial charge is 0.315 e. The summed E-state index contributed by atoms with van der Waals surface area (Å²) < 4.78 is 11.2. The maximum Gasteiger partial charge on any atom is 0.315 e. The van der Waals surface area contributed by atoms with Crippen LogP contribution in [0.25, 0.3) is 0 Å². The van der Waals surface area contributed by atoms with Crippen molar-refractivity contribution < 1.29 is 9.00 Å². The summed E-state index contributed by atoms with van der Waals surface area (Å²) >= 11 is 0. The lowest BCUT2D eigenvalue weighted by Crippen LogP contribution is -2.45. The van der Waals surface area contributed by atoms with Gasteiger partial charge in [0, 0.05) is 35.4 Å². The molecule has 1 aromatic carbocycles. The van der Waals surface area contributed by atoms with E-state index < -0.39 is 10.8 Å². The maximum atomic E-state index is 12.0. The van der Waals surface area contributed by atoms with Gasteiger partial charge in [0.15, 0.2) is 0 Å². The topological polar surface area (TPSA) is 58.2 Å². The summed E-state index contributed by atoms with van der Waals surface area (Å²) in [6.45, 7) is 2.66. The minimum atomic E-state index is -0.827. The molecule has 1 aliphatic carbocycles. The summed E-state index contributed by atoms with van der Waals surface area (Å²) in [6, 6.07) is 7.95. The number of nitrogens with one attached hydrogen (secondary N) is 2. The molecule has 0 saturated carbocycles. The molecule has 0 aliphatic heterocycles. The summed E-state index contributed by atoms with van der Waals surface area (Å²) in [6.07, 6.45) is 7.91. The molecule has 0 radical (unpaired) electrons. The van der Waals surface area contributed by atoms with Gasteiger partial charge in [-0.05, 0) is 29.9 Å². The van der Waals surface area contributed by atoms with Crippen molar-refractivity contribution in [1.82, 2.24) is 10.6 Å². The van der Waals surface area contributed by atoms with Crippen LogP contribution in [-0.4, -0.2) is 22.5 Å². The molecule has 0 bridgehead atoms. The van der Waals surface area contributed by atoms with Crippen LogP contribution in [-0.2, 0) is 23.1 Å². The Hall–Kier alpha value is -1.62. The second-order valence-electron chi connectivity index (χ2n) is 5.89. The van der Waals surface area contributed by atoms with E-state index >= 15 is 0 Å². The summed E-state index contributed by atoms with van der Waals surface area (Å²) in [7, 11) is -0.827. The minimum absolute atomic E-state index is 0.120. The van der Waals surface area contributed by atoms with Gasteiger partial charge in [-0.15, -0.1) is 0 Å². The van der Waals surface area contributed by atoms with Gasteiger partial charge in [0.2, 0.25) is 0 Å². The first-order valence-electron chi connectivity index (χ1n) is 7.62. The molecule has 2 rings (SSSR count). The van der Waals surface area contributed by atoms with Crippen LogP contribution in [0.5, 0.6) is 0 Å². The van der Waals surface area contributed by atoms with E-state index in [-0.39, 0.29) is 12.1 Å². The molecule has 22 heavy (non-hydrogen) atoms. The zero-order chi connectivity index (χ0) is 15.9. The van der Waals surface area contributed by atoms with Gasteiger partial charge in [-0.3, -0.25) is 4.21 Å². The van der Waals surface area contributed by atoms with Crippen molar-refractivity contribution in [3.63, 3.8) is 0 Å². The van der Waals surface area contributed by atoms with Gasteiger partial charge in [-0.1, -0.05) is 43.3 Å². The van der Waals surface area contributed by atoms with E-state index in [0.29, 0.717) is 18.2 Å². The van der Waals surface area contributed by atoms with Gasteiger partial charge in [0.1, 0.15) is 0 Å². The predicted octanol–water partition coefficient (Wildman–Crippen LogP) is 2.72. The zero-order valence-electron chi connectivity index (χ0n) is 13.2. The minimum Gasteiger partial charge on any atom is -0.335 e. The zero-order valence-corrected chi connectivity index (χ0v) is 14.0. The van der Waals surface area contributed by atoms with Gasteiger partial charge >= 0.3 is 6.03 Å². The highest BCUT2D eigenvalue weighted by Crippen LogP contribution is 2.17. The highest BCUT2D eigenvalue weighted by atomic mass is 32.2. The highest BCUT2D eigenvalue weighted by molar-refractivity contribution is 7.83. The molecule has 0 saturated heterocycles. The fourth-order valence-corrected chi connectivity index (χ4v) is 3.20. The van der Waals surface area contributed by atoms with Gasteiger partial charge in [0.25, 0.3) is 0 Å². The fourth-order valence-electron chi connectivity index (χ4n) is 2.54. The summed E-state index contributed by atoms with van der Waals surface area (Å²) in [5, 5.41) is 5.93. The van der Waals surface area contributed by atoms with E-state index in [1.807, 2.05) is 24.3 Å². The van der Waals surface area contributed by atoms with Crippen LogP contribution in [0.4, 0.5) is 4.79 Å². The summed E-state index contributed by atoms with van der Waals surface area (Å²) in [4.78, 5) is 12.0. The molecule has 1 unspecified atom stereocenters. The molecule has 3 atom stereocenters. The molecule has 1 aromatic rings. The van der Waals surface area contributed by atoms with Crippen molar-refractivity contribution in [2.24, 2.45) is 5.92 Å². The van der Waals surface area contributed by atoms with Crippen molar-refractivity contribution in [2.45, 2.75) is 38.1 Å². The fraction of sp³-hybridized carbons (Fsp3) is 0.471. The number of allylic oxidation sites excluding steroid dienone is 1. The predicted molar refractivity (Wildman–Crippen MR) is 90.9 cm³/mol. The van der Waals surface area contributed by atoms with Crippen LogP contribution in [0.15, 0.2) is 36.4 Å². The van der Waals surface area contributed by atoms with E-state index in [9.17, 15) is 9.00 Å². The Morgan fingerprint density at radius 3 is 2.45 bits per heavy atom. The molecular weight excluding hydrogens is 296 g/mol. The molecule has 0 fully saturated rings. The lowest BCUT2D eigenvalue weighted by Gasteiger charge is -2.26. The maximum absolute atomic E-state index is 12.0. The molecule has 1 aliphatic rings. The van der Waals surface area contributed by atoms with Gasteiger partial charge < -0.3 is 10.6 Å². The number of hydrogen-bond donors (Lipinski definition) is 2. The first kappa shape index (κ1) is 16.7. The Morgan fingerprint density at radius 1 is 1.18 bits per heavy atom. The Balaban J connectivity index is 1.78.